The maximum absolute atomic E-state index is 13.3. The van der Waals surface area contributed by atoms with Crippen LogP contribution in [0.15, 0.2) is 48.5 Å². The fraction of sp³-hybridized carbons (Fsp3) is 0.316. The van der Waals surface area contributed by atoms with Gasteiger partial charge in [-0.3, -0.25) is 0 Å². The van der Waals surface area contributed by atoms with Crippen molar-refractivity contribution < 1.29 is 13.6 Å². The molecule has 25 heavy (non-hydrogen) atoms. The lowest BCUT2D eigenvalue weighted by atomic mass is 10.1. The van der Waals surface area contributed by atoms with Gasteiger partial charge in [0.25, 0.3) is 0 Å². The average molecular weight is 345 g/mol. The molecule has 0 saturated carbocycles. The Bertz CT molecular complexity index is 731. The molecular weight excluding hydrogens is 324 g/mol. The molecule has 3 rings (SSSR count). The highest BCUT2D eigenvalue weighted by molar-refractivity contribution is 5.75. The number of anilines is 1. The number of carbonyl (C=O) groups excluding carboxylic acids is 1. The number of carbonyl (C=O) groups is 1. The average Bonchev–Trinajstić information content (AvgIpc) is 2.64. The van der Waals surface area contributed by atoms with Crippen molar-refractivity contribution in [3.05, 3.63) is 65.7 Å². The molecule has 1 aliphatic heterocycles. The summed E-state index contributed by atoms with van der Waals surface area (Å²) in [6, 6.07) is 13.2. The highest BCUT2D eigenvalue weighted by atomic mass is 19.2. The van der Waals surface area contributed by atoms with Gasteiger partial charge < -0.3 is 15.1 Å². The van der Waals surface area contributed by atoms with Gasteiger partial charge in [0.05, 0.1) is 6.04 Å². The predicted octanol–water partition coefficient (Wildman–Crippen LogP) is 3.56. The second kappa shape index (κ2) is 7.51. The van der Waals surface area contributed by atoms with E-state index in [-0.39, 0.29) is 6.03 Å². The Morgan fingerprint density at radius 1 is 1.00 bits per heavy atom. The molecule has 1 N–H and O–H groups in total. The zero-order chi connectivity index (χ0) is 17.8. The van der Waals surface area contributed by atoms with E-state index in [1.807, 2.05) is 18.2 Å². The molecule has 2 aromatic carbocycles. The molecule has 4 nitrogen and oxygen atoms in total. The molecule has 0 aromatic heterocycles. The Morgan fingerprint density at radius 3 is 2.32 bits per heavy atom. The lowest BCUT2D eigenvalue weighted by Gasteiger charge is -2.36. The Balaban J connectivity index is 1.55. The van der Waals surface area contributed by atoms with E-state index in [2.05, 4.69) is 22.3 Å². The summed E-state index contributed by atoms with van der Waals surface area (Å²) in [5, 5.41) is 2.85. The summed E-state index contributed by atoms with van der Waals surface area (Å²) in [7, 11) is 0. The summed E-state index contributed by atoms with van der Waals surface area (Å²) >= 11 is 0. The molecule has 0 spiro atoms. The molecule has 0 unspecified atom stereocenters. The van der Waals surface area contributed by atoms with Crippen LogP contribution in [0.5, 0.6) is 0 Å². The summed E-state index contributed by atoms with van der Waals surface area (Å²) in [5.41, 5.74) is 1.69. The number of hydrogen-bond acceptors (Lipinski definition) is 2. The van der Waals surface area contributed by atoms with Gasteiger partial charge >= 0.3 is 6.03 Å². The van der Waals surface area contributed by atoms with Crippen molar-refractivity contribution in [2.45, 2.75) is 13.0 Å². The highest BCUT2D eigenvalue weighted by Gasteiger charge is 2.22. The molecule has 1 aliphatic rings. The van der Waals surface area contributed by atoms with Crippen molar-refractivity contribution in [2.24, 2.45) is 0 Å². The highest BCUT2D eigenvalue weighted by Crippen LogP contribution is 2.18. The van der Waals surface area contributed by atoms with Crippen molar-refractivity contribution in [3.8, 4) is 0 Å². The number of piperazine rings is 1. The van der Waals surface area contributed by atoms with Crippen LogP contribution in [-0.2, 0) is 0 Å². The molecule has 0 bridgehead atoms. The molecule has 2 amide bonds. The number of halogens is 2. The van der Waals surface area contributed by atoms with E-state index in [1.54, 1.807) is 11.8 Å². The molecule has 1 saturated heterocycles. The topological polar surface area (TPSA) is 35.6 Å². The summed E-state index contributed by atoms with van der Waals surface area (Å²) in [6.07, 6.45) is 0. The SMILES string of the molecule is C[C@H](NC(=O)N1CCN(c2ccccc2)CC1)c1ccc(F)c(F)c1. The van der Waals surface area contributed by atoms with Crippen LogP contribution in [0, 0.1) is 11.6 Å². The van der Waals surface area contributed by atoms with Gasteiger partial charge in [0, 0.05) is 31.9 Å². The Morgan fingerprint density at radius 2 is 1.68 bits per heavy atom. The van der Waals surface area contributed by atoms with E-state index in [9.17, 15) is 13.6 Å². The molecule has 6 heteroatoms. The summed E-state index contributed by atoms with van der Waals surface area (Å²) in [5.74, 6) is -1.80. The monoisotopic (exact) mass is 345 g/mol. The van der Waals surface area contributed by atoms with Crippen LogP contribution in [0.1, 0.15) is 18.5 Å². The minimum atomic E-state index is -0.907. The minimum Gasteiger partial charge on any atom is -0.368 e. The van der Waals surface area contributed by atoms with Crippen molar-refractivity contribution in [3.63, 3.8) is 0 Å². The molecule has 1 heterocycles. The van der Waals surface area contributed by atoms with E-state index >= 15 is 0 Å². The zero-order valence-corrected chi connectivity index (χ0v) is 14.1. The summed E-state index contributed by atoms with van der Waals surface area (Å²) in [6.45, 7) is 4.51. The Labute approximate surface area is 146 Å². The van der Waals surface area contributed by atoms with Gasteiger partial charge in [0.1, 0.15) is 0 Å². The normalized spacial score (nSPS) is 15.8. The molecule has 1 atom stereocenters. The van der Waals surface area contributed by atoms with Crippen LogP contribution in [-0.4, -0.2) is 37.1 Å². The van der Waals surface area contributed by atoms with Crippen molar-refractivity contribution in [1.29, 1.82) is 0 Å². The first-order chi connectivity index (χ1) is 12.0. The molecule has 0 aliphatic carbocycles. The van der Waals surface area contributed by atoms with E-state index in [0.717, 1.165) is 30.9 Å². The van der Waals surface area contributed by atoms with E-state index in [4.69, 9.17) is 0 Å². The first-order valence-corrected chi connectivity index (χ1v) is 8.35. The maximum Gasteiger partial charge on any atom is 0.317 e. The van der Waals surface area contributed by atoms with Crippen molar-refractivity contribution in [1.82, 2.24) is 10.2 Å². The van der Waals surface area contributed by atoms with Crippen LogP contribution in [0.25, 0.3) is 0 Å². The van der Waals surface area contributed by atoms with Crippen molar-refractivity contribution in [2.75, 3.05) is 31.1 Å². The number of nitrogens with zero attached hydrogens (tertiary/aromatic N) is 2. The van der Waals surface area contributed by atoms with Gasteiger partial charge in [-0.15, -0.1) is 0 Å². The van der Waals surface area contributed by atoms with Gasteiger partial charge in [0.15, 0.2) is 11.6 Å². The summed E-state index contributed by atoms with van der Waals surface area (Å²) < 4.78 is 26.3. The minimum absolute atomic E-state index is 0.190. The number of nitrogens with one attached hydrogen (secondary N) is 1. The van der Waals surface area contributed by atoms with Gasteiger partial charge in [-0.2, -0.15) is 0 Å². The fourth-order valence-electron chi connectivity index (χ4n) is 2.95. The predicted molar refractivity (Wildman–Crippen MR) is 93.5 cm³/mol. The Hall–Kier alpha value is -2.63. The third-order valence-electron chi connectivity index (χ3n) is 4.47. The fourth-order valence-corrected chi connectivity index (χ4v) is 2.95. The third kappa shape index (κ3) is 4.07. The van der Waals surface area contributed by atoms with Gasteiger partial charge in [-0.25, -0.2) is 13.6 Å². The number of para-hydroxylation sites is 1. The van der Waals surface area contributed by atoms with Gasteiger partial charge in [0.2, 0.25) is 0 Å². The molecule has 1 fully saturated rings. The number of hydrogen-bond donors (Lipinski definition) is 1. The first-order valence-electron chi connectivity index (χ1n) is 8.35. The van der Waals surface area contributed by atoms with Crippen molar-refractivity contribution >= 4 is 11.7 Å². The molecule has 2 aromatic rings. The Kier molecular flexibility index (Phi) is 5.16. The number of urea groups is 1. The second-order valence-corrected chi connectivity index (χ2v) is 6.15. The number of amides is 2. The van der Waals surface area contributed by atoms with Crippen LogP contribution in [0.4, 0.5) is 19.3 Å². The quantitative estimate of drug-likeness (QED) is 0.923. The standard InChI is InChI=1S/C19H21F2N3O/c1-14(15-7-8-17(20)18(21)13-15)22-19(25)24-11-9-23(10-12-24)16-5-3-2-4-6-16/h2-8,13-14H,9-12H2,1H3,(H,22,25)/t14-/m0/s1. The second-order valence-electron chi connectivity index (χ2n) is 6.15. The zero-order valence-electron chi connectivity index (χ0n) is 14.1. The lowest BCUT2D eigenvalue weighted by Crippen LogP contribution is -2.52. The first kappa shape index (κ1) is 17.2. The third-order valence-corrected chi connectivity index (χ3v) is 4.47. The van der Waals surface area contributed by atoms with E-state index < -0.39 is 17.7 Å². The van der Waals surface area contributed by atoms with E-state index in [0.29, 0.717) is 18.7 Å². The van der Waals surface area contributed by atoms with Crippen LogP contribution in [0.2, 0.25) is 0 Å². The van der Waals surface area contributed by atoms with Gasteiger partial charge in [-0.1, -0.05) is 24.3 Å². The largest absolute Gasteiger partial charge is 0.368 e. The van der Waals surface area contributed by atoms with Crippen LogP contribution in [0.3, 0.4) is 0 Å². The van der Waals surface area contributed by atoms with E-state index in [1.165, 1.54) is 6.07 Å². The van der Waals surface area contributed by atoms with Crippen LogP contribution < -0.4 is 10.2 Å². The maximum atomic E-state index is 13.3. The smallest absolute Gasteiger partial charge is 0.317 e. The van der Waals surface area contributed by atoms with Gasteiger partial charge in [-0.05, 0) is 36.8 Å². The molecule has 132 valence electrons. The number of rotatable bonds is 3. The number of benzene rings is 2. The molecule has 0 radical (unpaired) electrons. The summed E-state index contributed by atoms with van der Waals surface area (Å²) in [4.78, 5) is 16.4. The molecular formula is C19H21F2N3O. The van der Waals surface area contributed by atoms with Crippen LogP contribution >= 0.6 is 0 Å². The lowest BCUT2D eigenvalue weighted by molar-refractivity contribution is 0.191.